The van der Waals surface area contributed by atoms with Gasteiger partial charge in [-0.1, -0.05) is 23.7 Å². The van der Waals surface area contributed by atoms with Crippen LogP contribution >= 0.6 is 11.6 Å². The van der Waals surface area contributed by atoms with E-state index in [1.807, 2.05) is 31.3 Å². The van der Waals surface area contributed by atoms with Gasteiger partial charge in [-0.15, -0.1) is 0 Å². The third-order valence-electron chi connectivity index (χ3n) is 3.34. The standard InChI is InChI=1S/C14H10ClN5/c1-20-14-10(6-17-20)12-13(19-14)16-7-11(18-12)8-2-4-9(15)5-3-8/h2-7H,1H3,(H,16,19). The molecule has 0 aliphatic rings. The van der Waals surface area contributed by atoms with E-state index in [0.29, 0.717) is 5.02 Å². The van der Waals surface area contributed by atoms with Gasteiger partial charge in [-0.3, -0.25) is 4.68 Å². The summed E-state index contributed by atoms with van der Waals surface area (Å²) in [5.41, 5.74) is 4.33. The van der Waals surface area contributed by atoms with Crippen molar-refractivity contribution >= 4 is 33.8 Å². The van der Waals surface area contributed by atoms with Crippen molar-refractivity contribution in [2.24, 2.45) is 7.05 Å². The van der Waals surface area contributed by atoms with Crippen LogP contribution in [0.4, 0.5) is 0 Å². The third kappa shape index (κ3) is 1.60. The summed E-state index contributed by atoms with van der Waals surface area (Å²) in [6.07, 6.45) is 3.56. The van der Waals surface area contributed by atoms with Crippen molar-refractivity contribution < 1.29 is 0 Å². The first-order valence-corrected chi connectivity index (χ1v) is 6.52. The van der Waals surface area contributed by atoms with E-state index in [9.17, 15) is 0 Å². The van der Waals surface area contributed by atoms with Crippen LogP contribution in [0.1, 0.15) is 0 Å². The number of benzene rings is 1. The molecule has 0 atom stereocenters. The lowest BCUT2D eigenvalue weighted by molar-refractivity contribution is 0.787. The quantitative estimate of drug-likeness (QED) is 0.584. The number of aromatic nitrogens is 5. The van der Waals surface area contributed by atoms with E-state index in [1.54, 1.807) is 17.1 Å². The van der Waals surface area contributed by atoms with Crippen LogP contribution in [0.5, 0.6) is 0 Å². The predicted molar refractivity (Wildman–Crippen MR) is 78.6 cm³/mol. The summed E-state index contributed by atoms with van der Waals surface area (Å²) >= 11 is 5.91. The SMILES string of the molecule is Cn1ncc2c3nc(-c4ccc(Cl)cc4)cnc3[nH]c21. The Balaban J connectivity index is 1.97. The minimum absolute atomic E-state index is 0.707. The van der Waals surface area contributed by atoms with E-state index in [4.69, 9.17) is 11.6 Å². The van der Waals surface area contributed by atoms with Gasteiger partial charge in [-0.05, 0) is 12.1 Å². The number of aromatic amines is 1. The van der Waals surface area contributed by atoms with E-state index in [-0.39, 0.29) is 0 Å². The van der Waals surface area contributed by atoms with Crippen molar-refractivity contribution in [2.75, 3.05) is 0 Å². The summed E-state index contributed by atoms with van der Waals surface area (Å²) in [4.78, 5) is 12.3. The van der Waals surface area contributed by atoms with Gasteiger partial charge in [0, 0.05) is 17.6 Å². The molecule has 0 aliphatic carbocycles. The van der Waals surface area contributed by atoms with E-state index in [2.05, 4.69) is 20.1 Å². The monoisotopic (exact) mass is 283 g/mol. The molecule has 20 heavy (non-hydrogen) atoms. The Morgan fingerprint density at radius 3 is 2.75 bits per heavy atom. The van der Waals surface area contributed by atoms with Crippen molar-refractivity contribution in [3.63, 3.8) is 0 Å². The number of rotatable bonds is 1. The lowest BCUT2D eigenvalue weighted by Gasteiger charge is -2.00. The van der Waals surface area contributed by atoms with Gasteiger partial charge in [0.05, 0.1) is 23.5 Å². The Morgan fingerprint density at radius 2 is 1.95 bits per heavy atom. The van der Waals surface area contributed by atoms with Crippen LogP contribution in [-0.4, -0.2) is 24.7 Å². The van der Waals surface area contributed by atoms with Gasteiger partial charge in [0.1, 0.15) is 11.2 Å². The minimum Gasteiger partial charge on any atom is -0.323 e. The van der Waals surface area contributed by atoms with E-state index in [1.165, 1.54) is 0 Å². The molecule has 3 aromatic heterocycles. The molecule has 0 saturated carbocycles. The molecule has 4 aromatic rings. The first-order valence-electron chi connectivity index (χ1n) is 6.15. The van der Waals surface area contributed by atoms with Gasteiger partial charge in [0.25, 0.3) is 0 Å². The maximum Gasteiger partial charge on any atom is 0.158 e. The molecule has 4 rings (SSSR count). The summed E-state index contributed by atoms with van der Waals surface area (Å²) in [6, 6.07) is 7.57. The lowest BCUT2D eigenvalue weighted by Crippen LogP contribution is -1.90. The molecule has 0 spiro atoms. The van der Waals surface area contributed by atoms with Crippen molar-refractivity contribution in [3.8, 4) is 11.3 Å². The summed E-state index contributed by atoms with van der Waals surface area (Å²) in [6.45, 7) is 0. The van der Waals surface area contributed by atoms with Crippen molar-refractivity contribution in [1.82, 2.24) is 24.7 Å². The van der Waals surface area contributed by atoms with Gasteiger partial charge in [0.2, 0.25) is 0 Å². The highest BCUT2D eigenvalue weighted by molar-refractivity contribution is 6.30. The van der Waals surface area contributed by atoms with Gasteiger partial charge in [-0.2, -0.15) is 5.10 Å². The molecule has 6 heteroatoms. The van der Waals surface area contributed by atoms with Gasteiger partial charge in [-0.25, -0.2) is 9.97 Å². The van der Waals surface area contributed by atoms with Gasteiger partial charge >= 0.3 is 0 Å². The second-order valence-electron chi connectivity index (χ2n) is 4.61. The maximum absolute atomic E-state index is 5.91. The van der Waals surface area contributed by atoms with Crippen LogP contribution in [0.2, 0.25) is 5.02 Å². The Bertz CT molecular complexity index is 920. The highest BCUT2D eigenvalue weighted by atomic mass is 35.5. The number of nitrogens with one attached hydrogen (secondary N) is 1. The van der Waals surface area contributed by atoms with Crippen LogP contribution in [0, 0.1) is 0 Å². The molecule has 3 heterocycles. The topological polar surface area (TPSA) is 59.4 Å². The lowest BCUT2D eigenvalue weighted by atomic mass is 10.1. The zero-order valence-electron chi connectivity index (χ0n) is 10.6. The number of nitrogens with zero attached hydrogens (tertiary/aromatic N) is 4. The van der Waals surface area contributed by atoms with Crippen LogP contribution < -0.4 is 0 Å². The Morgan fingerprint density at radius 1 is 1.15 bits per heavy atom. The molecule has 0 unspecified atom stereocenters. The van der Waals surface area contributed by atoms with Crippen LogP contribution in [0.3, 0.4) is 0 Å². The Labute approximate surface area is 119 Å². The molecule has 0 radical (unpaired) electrons. The van der Waals surface area contributed by atoms with Crippen LogP contribution in [0.15, 0.2) is 36.7 Å². The van der Waals surface area contributed by atoms with E-state index < -0.39 is 0 Å². The maximum atomic E-state index is 5.91. The summed E-state index contributed by atoms with van der Waals surface area (Å²) in [7, 11) is 1.89. The minimum atomic E-state index is 0.707. The molecule has 0 amide bonds. The Kier molecular flexibility index (Phi) is 2.31. The van der Waals surface area contributed by atoms with Crippen molar-refractivity contribution in [3.05, 3.63) is 41.7 Å². The molecule has 0 aliphatic heterocycles. The fraction of sp³-hybridized carbons (Fsp3) is 0.0714. The molecule has 1 aromatic carbocycles. The first kappa shape index (κ1) is 11.4. The third-order valence-corrected chi connectivity index (χ3v) is 3.60. The number of hydrogen-bond acceptors (Lipinski definition) is 3. The predicted octanol–water partition coefficient (Wildman–Crippen LogP) is 3.17. The number of H-pyrrole nitrogens is 1. The second-order valence-corrected chi connectivity index (χ2v) is 5.05. The fourth-order valence-electron chi connectivity index (χ4n) is 2.30. The number of fused-ring (bicyclic) bond motifs is 3. The second kappa shape index (κ2) is 4.05. The highest BCUT2D eigenvalue weighted by Gasteiger charge is 2.11. The first-order chi connectivity index (χ1) is 9.72. The zero-order chi connectivity index (χ0) is 13.7. The number of halogens is 1. The van der Waals surface area contributed by atoms with Crippen molar-refractivity contribution in [1.29, 1.82) is 0 Å². The normalized spacial score (nSPS) is 11.5. The highest BCUT2D eigenvalue weighted by Crippen LogP contribution is 2.25. The van der Waals surface area contributed by atoms with Gasteiger partial charge < -0.3 is 4.98 Å². The zero-order valence-corrected chi connectivity index (χ0v) is 11.4. The summed E-state index contributed by atoms with van der Waals surface area (Å²) in [5, 5.41) is 5.91. The van der Waals surface area contributed by atoms with E-state index >= 15 is 0 Å². The Hall–Kier alpha value is -2.40. The molecule has 0 saturated heterocycles. The largest absolute Gasteiger partial charge is 0.323 e. The van der Waals surface area contributed by atoms with Crippen LogP contribution in [0.25, 0.3) is 33.5 Å². The molecule has 5 nitrogen and oxygen atoms in total. The number of hydrogen-bond donors (Lipinski definition) is 1. The molecule has 0 bridgehead atoms. The number of aryl methyl sites for hydroxylation is 1. The summed E-state index contributed by atoms with van der Waals surface area (Å²) < 4.78 is 1.78. The molecular formula is C14H10ClN5. The van der Waals surface area contributed by atoms with Crippen molar-refractivity contribution in [2.45, 2.75) is 0 Å². The summed E-state index contributed by atoms with van der Waals surface area (Å²) in [5.74, 6) is 0. The average molecular weight is 284 g/mol. The molecular weight excluding hydrogens is 274 g/mol. The molecule has 98 valence electrons. The fourth-order valence-corrected chi connectivity index (χ4v) is 2.43. The average Bonchev–Trinajstić information content (AvgIpc) is 3.00. The van der Waals surface area contributed by atoms with Crippen LogP contribution in [-0.2, 0) is 7.05 Å². The molecule has 1 N–H and O–H groups in total. The smallest absolute Gasteiger partial charge is 0.158 e. The molecule has 0 fully saturated rings. The van der Waals surface area contributed by atoms with E-state index in [0.717, 1.165) is 33.5 Å². The van der Waals surface area contributed by atoms with Gasteiger partial charge in [0.15, 0.2) is 5.65 Å².